The number of nitrogens with one attached hydrogen (secondary N) is 1. The van der Waals surface area contributed by atoms with Crippen LogP contribution in [-0.4, -0.2) is 29.7 Å². The molecule has 0 heterocycles. The molecule has 1 amide bonds. The molecule has 1 atom stereocenters. The molecular weight excluding hydrogens is 252 g/mol. The Bertz CT molecular complexity index is 414. The average Bonchev–Trinajstić information content (AvgIpc) is 2.48. The molecule has 0 spiro atoms. The fraction of sp³-hybridized carbons (Fsp3) is 0.562. The summed E-state index contributed by atoms with van der Waals surface area (Å²) in [6.07, 6.45) is 4.21. The fourth-order valence-electron chi connectivity index (χ4n) is 2.76. The van der Waals surface area contributed by atoms with Crippen LogP contribution in [0.25, 0.3) is 0 Å². The molecule has 110 valence electrons. The van der Waals surface area contributed by atoms with Crippen molar-refractivity contribution in [3.8, 4) is 0 Å². The Kier molecular flexibility index (Phi) is 5.56. The van der Waals surface area contributed by atoms with E-state index in [0.29, 0.717) is 6.42 Å². The number of hydrogen-bond acceptors (Lipinski definition) is 3. The van der Waals surface area contributed by atoms with Gasteiger partial charge in [0, 0.05) is 12.0 Å². The van der Waals surface area contributed by atoms with Crippen LogP contribution in [0.2, 0.25) is 0 Å². The second-order valence-electron chi connectivity index (χ2n) is 5.69. The van der Waals surface area contributed by atoms with E-state index in [9.17, 15) is 9.90 Å². The lowest BCUT2D eigenvalue weighted by molar-refractivity contribution is -0.127. The fourth-order valence-corrected chi connectivity index (χ4v) is 2.76. The largest absolute Gasteiger partial charge is 0.394 e. The highest BCUT2D eigenvalue weighted by Crippen LogP contribution is 2.23. The van der Waals surface area contributed by atoms with Gasteiger partial charge in [0.1, 0.15) is 0 Å². The molecular formula is C16H24N2O2. The molecule has 1 aromatic rings. The van der Waals surface area contributed by atoms with Gasteiger partial charge in [0.05, 0.1) is 12.6 Å². The minimum Gasteiger partial charge on any atom is -0.394 e. The minimum absolute atomic E-state index is 0.0349. The molecule has 1 aliphatic carbocycles. The molecule has 0 aliphatic heterocycles. The maximum atomic E-state index is 12.2. The van der Waals surface area contributed by atoms with Crippen LogP contribution in [-0.2, 0) is 11.2 Å². The molecule has 4 heteroatoms. The number of aliphatic hydroxyl groups excluding tert-OH is 1. The summed E-state index contributed by atoms with van der Waals surface area (Å²) in [6, 6.07) is 9.95. The second kappa shape index (κ2) is 7.41. The zero-order valence-electron chi connectivity index (χ0n) is 11.8. The first-order chi connectivity index (χ1) is 9.69. The van der Waals surface area contributed by atoms with Crippen molar-refractivity contribution in [2.24, 2.45) is 11.7 Å². The van der Waals surface area contributed by atoms with E-state index in [2.05, 4.69) is 5.32 Å². The quantitative estimate of drug-likeness (QED) is 0.757. The first kappa shape index (κ1) is 15.0. The number of benzene rings is 1. The zero-order chi connectivity index (χ0) is 14.4. The molecule has 20 heavy (non-hydrogen) atoms. The van der Waals surface area contributed by atoms with Crippen molar-refractivity contribution in [3.05, 3.63) is 35.9 Å². The van der Waals surface area contributed by atoms with Crippen LogP contribution in [0.15, 0.2) is 30.3 Å². The van der Waals surface area contributed by atoms with Crippen LogP contribution in [0.5, 0.6) is 0 Å². The molecule has 2 rings (SSSR count). The molecule has 4 N–H and O–H groups in total. The summed E-state index contributed by atoms with van der Waals surface area (Å²) >= 11 is 0. The smallest absolute Gasteiger partial charge is 0.223 e. The summed E-state index contributed by atoms with van der Waals surface area (Å²) in [6.45, 7) is -0.0349. The van der Waals surface area contributed by atoms with Crippen molar-refractivity contribution in [2.45, 2.75) is 44.2 Å². The number of hydrogen-bond donors (Lipinski definition) is 3. The third-order valence-corrected chi connectivity index (χ3v) is 4.03. The highest BCUT2D eigenvalue weighted by Gasteiger charge is 2.25. The SMILES string of the molecule is NC1CCC(C(=O)N[C@@H](CO)Cc2ccccc2)CC1. The second-order valence-corrected chi connectivity index (χ2v) is 5.69. The van der Waals surface area contributed by atoms with Crippen LogP contribution in [0.3, 0.4) is 0 Å². The van der Waals surface area contributed by atoms with Gasteiger partial charge in [-0.15, -0.1) is 0 Å². The first-order valence-corrected chi connectivity index (χ1v) is 7.39. The topological polar surface area (TPSA) is 75.4 Å². The number of amides is 1. The lowest BCUT2D eigenvalue weighted by atomic mass is 9.85. The molecule has 1 aromatic carbocycles. The van der Waals surface area contributed by atoms with Crippen LogP contribution < -0.4 is 11.1 Å². The van der Waals surface area contributed by atoms with Gasteiger partial charge in [0.2, 0.25) is 5.91 Å². The Morgan fingerprint density at radius 2 is 1.90 bits per heavy atom. The number of aliphatic hydroxyl groups is 1. The molecule has 0 bridgehead atoms. The van der Waals surface area contributed by atoms with Gasteiger partial charge in [0.15, 0.2) is 0 Å². The number of rotatable bonds is 5. The van der Waals surface area contributed by atoms with E-state index in [4.69, 9.17) is 5.73 Å². The molecule has 1 aliphatic rings. The maximum absolute atomic E-state index is 12.2. The van der Waals surface area contributed by atoms with Gasteiger partial charge >= 0.3 is 0 Å². The number of carbonyl (C=O) groups excluding carboxylic acids is 1. The highest BCUT2D eigenvalue weighted by molar-refractivity contribution is 5.79. The Morgan fingerprint density at radius 1 is 1.25 bits per heavy atom. The van der Waals surface area contributed by atoms with Crippen LogP contribution >= 0.6 is 0 Å². The summed E-state index contributed by atoms with van der Waals surface area (Å²) in [4.78, 5) is 12.2. The lowest BCUT2D eigenvalue weighted by Crippen LogP contribution is -2.44. The molecule has 0 aromatic heterocycles. The summed E-state index contributed by atoms with van der Waals surface area (Å²) in [5.41, 5.74) is 6.98. The van der Waals surface area contributed by atoms with E-state index in [1.54, 1.807) is 0 Å². The van der Waals surface area contributed by atoms with Gasteiger partial charge in [-0.2, -0.15) is 0 Å². The van der Waals surface area contributed by atoms with Crippen molar-refractivity contribution < 1.29 is 9.90 Å². The van der Waals surface area contributed by atoms with Crippen molar-refractivity contribution in [2.75, 3.05) is 6.61 Å². The van der Waals surface area contributed by atoms with E-state index < -0.39 is 0 Å². The Balaban J connectivity index is 1.85. The van der Waals surface area contributed by atoms with E-state index in [1.807, 2.05) is 30.3 Å². The molecule has 0 saturated heterocycles. The van der Waals surface area contributed by atoms with E-state index >= 15 is 0 Å². The predicted octanol–water partition coefficient (Wildman–Crippen LogP) is 1.22. The lowest BCUT2D eigenvalue weighted by Gasteiger charge is -2.27. The third-order valence-electron chi connectivity index (χ3n) is 4.03. The van der Waals surface area contributed by atoms with E-state index in [1.165, 1.54) is 0 Å². The van der Waals surface area contributed by atoms with Crippen molar-refractivity contribution in [1.29, 1.82) is 0 Å². The summed E-state index contributed by atoms with van der Waals surface area (Å²) in [5, 5.41) is 12.4. The Hall–Kier alpha value is -1.39. The standard InChI is InChI=1S/C16H24N2O2/c17-14-8-6-13(7-9-14)16(20)18-15(11-19)10-12-4-2-1-3-5-12/h1-5,13-15,19H,6-11,17H2,(H,18,20)/t13?,14?,15-/m1/s1. The van der Waals surface area contributed by atoms with Crippen LogP contribution in [0, 0.1) is 5.92 Å². The summed E-state index contributed by atoms with van der Waals surface area (Å²) in [5.74, 6) is 0.117. The van der Waals surface area contributed by atoms with E-state index in [-0.39, 0.29) is 30.5 Å². The Morgan fingerprint density at radius 3 is 2.50 bits per heavy atom. The molecule has 0 unspecified atom stereocenters. The predicted molar refractivity (Wildman–Crippen MR) is 79.1 cm³/mol. The normalized spacial score (nSPS) is 24.1. The first-order valence-electron chi connectivity index (χ1n) is 7.39. The number of nitrogens with two attached hydrogens (primary N) is 1. The summed E-state index contributed by atoms with van der Waals surface area (Å²) < 4.78 is 0. The van der Waals surface area contributed by atoms with Gasteiger partial charge in [0.25, 0.3) is 0 Å². The van der Waals surface area contributed by atoms with Crippen LogP contribution in [0.1, 0.15) is 31.2 Å². The van der Waals surface area contributed by atoms with Gasteiger partial charge in [-0.3, -0.25) is 4.79 Å². The maximum Gasteiger partial charge on any atom is 0.223 e. The number of carbonyl (C=O) groups is 1. The Labute approximate surface area is 120 Å². The van der Waals surface area contributed by atoms with Gasteiger partial charge in [-0.05, 0) is 37.7 Å². The van der Waals surface area contributed by atoms with Crippen molar-refractivity contribution in [3.63, 3.8) is 0 Å². The average molecular weight is 276 g/mol. The molecule has 0 radical (unpaired) electrons. The monoisotopic (exact) mass is 276 g/mol. The highest BCUT2D eigenvalue weighted by atomic mass is 16.3. The molecule has 1 fully saturated rings. The van der Waals surface area contributed by atoms with Crippen LogP contribution in [0.4, 0.5) is 0 Å². The van der Waals surface area contributed by atoms with Gasteiger partial charge in [-0.1, -0.05) is 30.3 Å². The summed E-state index contributed by atoms with van der Waals surface area (Å²) in [7, 11) is 0. The van der Waals surface area contributed by atoms with Crippen molar-refractivity contribution >= 4 is 5.91 Å². The van der Waals surface area contributed by atoms with E-state index in [0.717, 1.165) is 31.2 Å². The molecule has 4 nitrogen and oxygen atoms in total. The third kappa shape index (κ3) is 4.32. The molecule has 1 saturated carbocycles. The zero-order valence-corrected chi connectivity index (χ0v) is 11.8. The van der Waals surface area contributed by atoms with Gasteiger partial charge < -0.3 is 16.2 Å². The minimum atomic E-state index is -0.208. The van der Waals surface area contributed by atoms with Gasteiger partial charge in [-0.25, -0.2) is 0 Å². The van der Waals surface area contributed by atoms with Crippen molar-refractivity contribution in [1.82, 2.24) is 5.32 Å².